The van der Waals surface area contributed by atoms with Crippen molar-refractivity contribution in [2.24, 2.45) is 0 Å². The molecule has 2 heterocycles. The molecule has 23 heavy (non-hydrogen) atoms. The number of nitrogens with zero attached hydrogens (tertiary/aromatic N) is 2. The summed E-state index contributed by atoms with van der Waals surface area (Å²) in [4.78, 5) is 19.9. The monoisotopic (exact) mass is 309 g/mol. The Bertz CT molecular complexity index is 758. The van der Waals surface area contributed by atoms with Crippen LogP contribution in [0.3, 0.4) is 0 Å². The Morgan fingerprint density at radius 1 is 1.13 bits per heavy atom. The van der Waals surface area contributed by atoms with E-state index in [9.17, 15) is 4.79 Å². The lowest BCUT2D eigenvalue weighted by molar-refractivity contribution is -0.142. The fraction of sp³-hybridized carbons (Fsp3) is 0.118. The van der Waals surface area contributed by atoms with Gasteiger partial charge >= 0.3 is 5.97 Å². The second-order valence-corrected chi connectivity index (χ2v) is 4.77. The van der Waals surface area contributed by atoms with Crippen molar-refractivity contribution in [3.8, 4) is 11.5 Å². The molecular formula is C17H15N3O3. The van der Waals surface area contributed by atoms with E-state index in [1.165, 1.54) is 6.33 Å². The van der Waals surface area contributed by atoms with E-state index in [4.69, 9.17) is 9.15 Å². The summed E-state index contributed by atoms with van der Waals surface area (Å²) in [7, 11) is 0. The Balaban J connectivity index is 1.52. The normalized spacial score (nSPS) is 10.3. The topological polar surface area (TPSA) is 77.3 Å². The highest BCUT2D eigenvalue weighted by Crippen LogP contribution is 2.18. The number of carbonyl (C=O) groups is 1. The third-order valence-electron chi connectivity index (χ3n) is 3.10. The number of carbonyl (C=O) groups excluding carboxylic acids is 1. The van der Waals surface area contributed by atoms with E-state index >= 15 is 0 Å². The zero-order valence-electron chi connectivity index (χ0n) is 12.3. The molecule has 1 N–H and O–H groups in total. The second kappa shape index (κ2) is 7.22. The van der Waals surface area contributed by atoms with Gasteiger partial charge in [-0.25, -0.2) is 9.97 Å². The lowest BCUT2D eigenvalue weighted by atomic mass is 10.2. The van der Waals surface area contributed by atoms with Gasteiger partial charge in [-0.05, 0) is 17.7 Å². The molecule has 3 aromatic rings. The maximum atomic E-state index is 11.8. The van der Waals surface area contributed by atoms with Gasteiger partial charge in [0.05, 0.1) is 6.26 Å². The van der Waals surface area contributed by atoms with Crippen molar-refractivity contribution >= 4 is 11.8 Å². The van der Waals surface area contributed by atoms with Crippen molar-refractivity contribution < 1.29 is 13.9 Å². The minimum absolute atomic E-state index is 0.0292. The van der Waals surface area contributed by atoms with Crippen LogP contribution >= 0.6 is 0 Å². The Kier molecular flexibility index (Phi) is 4.63. The zero-order chi connectivity index (χ0) is 15.9. The van der Waals surface area contributed by atoms with Gasteiger partial charge in [-0.2, -0.15) is 0 Å². The van der Waals surface area contributed by atoms with Gasteiger partial charge in [-0.15, -0.1) is 0 Å². The quantitative estimate of drug-likeness (QED) is 0.705. The number of anilines is 1. The van der Waals surface area contributed by atoms with Crippen LogP contribution in [0, 0.1) is 0 Å². The van der Waals surface area contributed by atoms with Crippen molar-refractivity contribution in [1.82, 2.24) is 9.97 Å². The molecule has 0 fully saturated rings. The predicted molar refractivity (Wildman–Crippen MR) is 84.5 cm³/mol. The van der Waals surface area contributed by atoms with Crippen molar-refractivity contribution in [2.45, 2.75) is 6.61 Å². The summed E-state index contributed by atoms with van der Waals surface area (Å²) < 4.78 is 10.5. The molecule has 6 heteroatoms. The molecule has 6 nitrogen and oxygen atoms in total. The average Bonchev–Trinajstić information content (AvgIpc) is 3.14. The maximum Gasteiger partial charge on any atom is 0.325 e. The van der Waals surface area contributed by atoms with E-state index in [1.807, 2.05) is 30.3 Å². The maximum absolute atomic E-state index is 11.8. The number of esters is 1. The summed E-state index contributed by atoms with van der Waals surface area (Å²) in [6.45, 7) is 0.282. The van der Waals surface area contributed by atoms with Gasteiger partial charge in [0, 0.05) is 6.07 Å². The van der Waals surface area contributed by atoms with Crippen LogP contribution in [0.25, 0.3) is 11.5 Å². The Hall–Kier alpha value is -3.15. The van der Waals surface area contributed by atoms with E-state index < -0.39 is 0 Å². The molecule has 2 aromatic heterocycles. The lowest BCUT2D eigenvalue weighted by Crippen LogP contribution is -2.17. The molecule has 0 atom stereocenters. The van der Waals surface area contributed by atoms with Crippen molar-refractivity contribution in [2.75, 3.05) is 11.9 Å². The summed E-state index contributed by atoms with van der Waals surface area (Å²) in [5, 5.41) is 2.92. The highest BCUT2D eigenvalue weighted by atomic mass is 16.5. The van der Waals surface area contributed by atoms with Gasteiger partial charge in [0.2, 0.25) is 0 Å². The van der Waals surface area contributed by atoms with Crippen molar-refractivity contribution in [1.29, 1.82) is 0 Å². The molecule has 0 aliphatic carbocycles. The number of rotatable bonds is 6. The highest BCUT2D eigenvalue weighted by molar-refractivity contribution is 5.74. The van der Waals surface area contributed by atoms with Crippen LogP contribution in [0.1, 0.15) is 5.56 Å². The number of hydrogen-bond acceptors (Lipinski definition) is 6. The molecular weight excluding hydrogens is 294 g/mol. The lowest BCUT2D eigenvalue weighted by Gasteiger charge is -2.07. The number of nitrogens with one attached hydrogen (secondary N) is 1. The van der Waals surface area contributed by atoms with Gasteiger partial charge in [-0.3, -0.25) is 4.79 Å². The van der Waals surface area contributed by atoms with Gasteiger partial charge in [-0.1, -0.05) is 30.3 Å². The smallest absolute Gasteiger partial charge is 0.325 e. The van der Waals surface area contributed by atoms with Gasteiger partial charge in [0.15, 0.2) is 5.76 Å². The summed E-state index contributed by atoms with van der Waals surface area (Å²) in [6, 6.07) is 14.8. The molecule has 0 saturated heterocycles. The second-order valence-electron chi connectivity index (χ2n) is 4.77. The minimum Gasteiger partial charge on any atom is -0.463 e. The van der Waals surface area contributed by atoms with Crippen molar-refractivity contribution in [3.63, 3.8) is 0 Å². The minimum atomic E-state index is -0.355. The molecule has 0 saturated carbocycles. The Morgan fingerprint density at radius 3 is 2.78 bits per heavy atom. The van der Waals surface area contributed by atoms with E-state index in [0.717, 1.165) is 5.56 Å². The molecule has 3 rings (SSSR count). The van der Waals surface area contributed by atoms with E-state index in [2.05, 4.69) is 15.3 Å². The molecule has 0 spiro atoms. The predicted octanol–water partition coefficient (Wildman–Crippen LogP) is 2.89. The number of benzene rings is 1. The molecule has 116 valence electrons. The molecule has 1 aromatic carbocycles. The van der Waals surface area contributed by atoms with Crippen LogP contribution in [-0.4, -0.2) is 22.5 Å². The third-order valence-corrected chi connectivity index (χ3v) is 3.10. The fourth-order valence-electron chi connectivity index (χ4n) is 1.96. The van der Waals surface area contributed by atoms with E-state index in [0.29, 0.717) is 17.3 Å². The molecule has 0 aliphatic heterocycles. The van der Waals surface area contributed by atoms with E-state index in [-0.39, 0.29) is 19.1 Å². The van der Waals surface area contributed by atoms with Gasteiger partial charge in [0.25, 0.3) is 0 Å². The largest absolute Gasteiger partial charge is 0.463 e. The van der Waals surface area contributed by atoms with Crippen LogP contribution in [0.2, 0.25) is 0 Å². The molecule has 0 amide bonds. The Morgan fingerprint density at radius 2 is 2.00 bits per heavy atom. The summed E-state index contributed by atoms with van der Waals surface area (Å²) in [6.07, 6.45) is 2.99. The van der Waals surface area contributed by atoms with E-state index in [1.54, 1.807) is 24.5 Å². The highest BCUT2D eigenvalue weighted by Gasteiger charge is 2.07. The van der Waals surface area contributed by atoms with Crippen LogP contribution in [-0.2, 0) is 16.1 Å². The van der Waals surface area contributed by atoms with Crippen LogP contribution < -0.4 is 5.32 Å². The van der Waals surface area contributed by atoms with Gasteiger partial charge in [0.1, 0.15) is 31.0 Å². The molecule has 0 aliphatic rings. The first-order chi connectivity index (χ1) is 11.3. The van der Waals surface area contributed by atoms with Crippen LogP contribution in [0.15, 0.2) is 65.5 Å². The number of hydrogen-bond donors (Lipinski definition) is 1. The van der Waals surface area contributed by atoms with Gasteiger partial charge < -0.3 is 14.5 Å². The Labute approximate surface area is 133 Å². The molecule has 0 radical (unpaired) electrons. The number of ether oxygens (including phenoxy) is 1. The fourth-order valence-corrected chi connectivity index (χ4v) is 1.96. The number of aromatic nitrogens is 2. The summed E-state index contributed by atoms with van der Waals surface area (Å²) in [5.41, 5.74) is 1.59. The average molecular weight is 309 g/mol. The summed E-state index contributed by atoms with van der Waals surface area (Å²) in [5.74, 6) is 0.817. The third kappa shape index (κ3) is 4.16. The first-order valence-electron chi connectivity index (χ1n) is 7.10. The van der Waals surface area contributed by atoms with Crippen LogP contribution in [0.5, 0.6) is 0 Å². The molecule has 0 bridgehead atoms. The first-order valence-corrected chi connectivity index (χ1v) is 7.10. The zero-order valence-corrected chi connectivity index (χ0v) is 12.3. The van der Waals surface area contributed by atoms with Crippen molar-refractivity contribution in [3.05, 3.63) is 66.7 Å². The standard InChI is InChI=1S/C17H15N3O3/c21-17(23-11-13-5-2-1-3-6-13)10-18-16-9-14(19-12-20-16)15-7-4-8-22-15/h1-9,12H,10-11H2,(H,18,19,20). The number of furan rings is 1. The SMILES string of the molecule is O=C(CNc1cc(-c2ccco2)ncn1)OCc1ccccc1. The van der Waals surface area contributed by atoms with Crippen LogP contribution in [0.4, 0.5) is 5.82 Å². The summed E-state index contributed by atoms with van der Waals surface area (Å²) >= 11 is 0. The molecule has 0 unspecified atom stereocenters. The first kappa shape index (κ1) is 14.8.